The van der Waals surface area contributed by atoms with Gasteiger partial charge in [-0.25, -0.2) is 0 Å². The van der Waals surface area contributed by atoms with E-state index in [4.69, 9.17) is 0 Å². The number of piperidine rings is 1. The van der Waals surface area contributed by atoms with Crippen molar-refractivity contribution in [3.8, 4) is 0 Å². The number of carbonyl (C=O) groups excluding carboxylic acids is 1. The standard InChI is InChI=1S/C14H20N2O/c17-14(16-13-6-2-1-3-7-13)9-8-12-5-4-10-15-11-12/h1-3,6-7,12,15H,4-5,8-11H2,(H,16,17)/t12-/m1/s1. The molecule has 0 radical (unpaired) electrons. The molecule has 2 N–H and O–H groups in total. The van der Waals surface area contributed by atoms with Crippen LogP contribution in [0.25, 0.3) is 0 Å². The predicted molar refractivity (Wildman–Crippen MR) is 69.9 cm³/mol. The molecule has 1 aromatic rings. The molecule has 3 nitrogen and oxygen atoms in total. The number of amides is 1. The second-order valence-electron chi connectivity index (χ2n) is 4.67. The molecule has 3 heteroatoms. The number of rotatable bonds is 4. The van der Waals surface area contributed by atoms with E-state index in [0.717, 1.165) is 25.2 Å². The molecule has 1 aromatic carbocycles. The van der Waals surface area contributed by atoms with E-state index < -0.39 is 0 Å². The molecular weight excluding hydrogens is 212 g/mol. The minimum Gasteiger partial charge on any atom is -0.326 e. The van der Waals surface area contributed by atoms with E-state index in [9.17, 15) is 4.79 Å². The molecule has 2 rings (SSSR count). The molecule has 92 valence electrons. The Morgan fingerprint density at radius 3 is 2.88 bits per heavy atom. The maximum Gasteiger partial charge on any atom is 0.224 e. The normalized spacial score (nSPS) is 19.9. The first-order valence-electron chi connectivity index (χ1n) is 6.40. The summed E-state index contributed by atoms with van der Waals surface area (Å²) in [6.07, 6.45) is 4.11. The van der Waals surface area contributed by atoms with Gasteiger partial charge in [0.15, 0.2) is 0 Å². The minimum absolute atomic E-state index is 0.127. The first-order valence-corrected chi connectivity index (χ1v) is 6.40. The van der Waals surface area contributed by atoms with E-state index in [2.05, 4.69) is 10.6 Å². The van der Waals surface area contributed by atoms with E-state index in [1.807, 2.05) is 30.3 Å². The van der Waals surface area contributed by atoms with Gasteiger partial charge in [0.25, 0.3) is 0 Å². The van der Waals surface area contributed by atoms with Crippen LogP contribution in [0.4, 0.5) is 5.69 Å². The van der Waals surface area contributed by atoms with Gasteiger partial charge in [0.2, 0.25) is 5.91 Å². The Hall–Kier alpha value is -1.35. The number of hydrogen-bond acceptors (Lipinski definition) is 2. The van der Waals surface area contributed by atoms with E-state index in [1.165, 1.54) is 12.8 Å². The third-order valence-electron chi connectivity index (χ3n) is 3.24. The topological polar surface area (TPSA) is 41.1 Å². The van der Waals surface area contributed by atoms with Crippen molar-refractivity contribution >= 4 is 11.6 Å². The van der Waals surface area contributed by atoms with Crippen molar-refractivity contribution in [1.29, 1.82) is 0 Å². The maximum absolute atomic E-state index is 11.7. The molecule has 1 aliphatic rings. The summed E-state index contributed by atoms with van der Waals surface area (Å²) in [7, 11) is 0. The van der Waals surface area contributed by atoms with Gasteiger partial charge in [-0.05, 0) is 50.4 Å². The quantitative estimate of drug-likeness (QED) is 0.837. The van der Waals surface area contributed by atoms with Gasteiger partial charge in [-0.2, -0.15) is 0 Å². The summed E-state index contributed by atoms with van der Waals surface area (Å²) in [4.78, 5) is 11.7. The Kier molecular flexibility index (Phi) is 4.56. The largest absolute Gasteiger partial charge is 0.326 e. The van der Waals surface area contributed by atoms with Crippen LogP contribution < -0.4 is 10.6 Å². The van der Waals surface area contributed by atoms with Crippen LogP contribution in [0.2, 0.25) is 0 Å². The van der Waals surface area contributed by atoms with Crippen LogP contribution in [0.3, 0.4) is 0 Å². The van der Waals surface area contributed by atoms with Crippen LogP contribution in [0, 0.1) is 5.92 Å². The van der Waals surface area contributed by atoms with Crippen LogP contribution in [-0.4, -0.2) is 19.0 Å². The van der Waals surface area contributed by atoms with Crippen molar-refractivity contribution in [2.24, 2.45) is 5.92 Å². The van der Waals surface area contributed by atoms with Gasteiger partial charge in [0, 0.05) is 12.1 Å². The van der Waals surface area contributed by atoms with Gasteiger partial charge < -0.3 is 10.6 Å². The zero-order chi connectivity index (χ0) is 11.9. The number of anilines is 1. The zero-order valence-electron chi connectivity index (χ0n) is 10.1. The Balaban J connectivity index is 1.70. The molecule has 0 bridgehead atoms. The predicted octanol–water partition coefficient (Wildman–Crippen LogP) is 2.40. The molecule has 1 atom stereocenters. The van der Waals surface area contributed by atoms with Crippen molar-refractivity contribution < 1.29 is 4.79 Å². The number of benzene rings is 1. The van der Waals surface area contributed by atoms with Crippen molar-refractivity contribution in [1.82, 2.24) is 5.32 Å². The summed E-state index contributed by atoms with van der Waals surface area (Å²) in [5.74, 6) is 0.798. The van der Waals surface area contributed by atoms with Gasteiger partial charge in [-0.15, -0.1) is 0 Å². The average Bonchev–Trinajstić information content (AvgIpc) is 2.39. The first-order chi connectivity index (χ1) is 8.34. The van der Waals surface area contributed by atoms with E-state index in [1.54, 1.807) is 0 Å². The molecule has 1 aliphatic heterocycles. The highest BCUT2D eigenvalue weighted by molar-refractivity contribution is 5.90. The SMILES string of the molecule is O=C(CC[C@H]1CCCNC1)Nc1ccccc1. The van der Waals surface area contributed by atoms with E-state index in [-0.39, 0.29) is 5.91 Å². The minimum atomic E-state index is 0.127. The molecule has 0 spiro atoms. The third kappa shape index (κ3) is 4.19. The number of carbonyl (C=O) groups is 1. The van der Waals surface area contributed by atoms with Crippen molar-refractivity contribution in [3.05, 3.63) is 30.3 Å². The van der Waals surface area contributed by atoms with Crippen LogP contribution in [-0.2, 0) is 4.79 Å². The van der Waals surface area contributed by atoms with Crippen LogP contribution in [0.15, 0.2) is 30.3 Å². The van der Waals surface area contributed by atoms with Crippen molar-refractivity contribution in [2.75, 3.05) is 18.4 Å². The van der Waals surface area contributed by atoms with Gasteiger partial charge in [-0.1, -0.05) is 18.2 Å². The number of nitrogens with one attached hydrogen (secondary N) is 2. The highest BCUT2D eigenvalue weighted by Crippen LogP contribution is 2.16. The number of hydrogen-bond donors (Lipinski definition) is 2. The lowest BCUT2D eigenvalue weighted by atomic mass is 9.94. The lowest BCUT2D eigenvalue weighted by Gasteiger charge is -2.22. The lowest BCUT2D eigenvalue weighted by Crippen LogP contribution is -2.30. The molecule has 0 aromatic heterocycles. The maximum atomic E-state index is 11.7. The Bertz CT molecular complexity index is 344. The van der Waals surface area contributed by atoms with E-state index in [0.29, 0.717) is 12.3 Å². The molecule has 1 fully saturated rings. The highest BCUT2D eigenvalue weighted by Gasteiger charge is 2.14. The van der Waals surface area contributed by atoms with Gasteiger partial charge >= 0.3 is 0 Å². The smallest absolute Gasteiger partial charge is 0.224 e. The summed E-state index contributed by atoms with van der Waals surface area (Å²) >= 11 is 0. The monoisotopic (exact) mass is 232 g/mol. The van der Waals surface area contributed by atoms with E-state index >= 15 is 0 Å². The molecule has 17 heavy (non-hydrogen) atoms. The molecule has 0 aliphatic carbocycles. The molecule has 1 amide bonds. The third-order valence-corrected chi connectivity index (χ3v) is 3.24. The summed E-state index contributed by atoms with van der Waals surface area (Å²) in [5, 5.41) is 6.30. The molecule has 0 unspecified atom stereocenters. The fourth-order valence-electron chi connectivity index (χ4n) is 2.25. The lowest BCUT2D eigenvalue weighted by molar-refractivity contribution is -0.116. The summed E-state index contributed by atoms with van der Waals surface area (Å²) in [6, 6.07) is 9.64. The fourth-order valence-corrected chi connectivity index (χ4v) is 2.25. The zero-order valence-corrected chi connectivity index (χ0v) is 10.1. The fraction of sp³-hybridized carbons (Fsp3) is 0.500. The molecular formula is C14H20N2O. The van der Waals surface area contributed by atoms with Gasteiger partial charge in [0.05, 0.1) is 0 Å². The Labute approximate surface area is 103 Å². The molecule has 1 saturated heterocycles. The molecule has 0 saturated carbocycles. The van der Waals surface area contributed by atoms with Crippen LogP contribution in [0.1, 0.15) is 25.7 Å². The van der Waals surface area contributed by atoms with Crippen molar-refractivity contribution in [3.63, 3.8) is 0 Å². The van der Waals surface area contributed by atoms with Crippen LogP contribution >= 0.6 is 0 Å². The van der Waals surface area contributed by atoms with Gasteiger partial charge in [-0.3, -0.25) is 4.79 Å². The average molecular weight is 232 g/mol. The summed E-state index contributed by atoms with van der Waals surface area (Å²) < 4.78 is 0. The highest BCUT2D eigenvalue weighted by atomic mass is 16.1. The van der Waals surface area contributed by atoms with Gasteiger partial charge in [0.1, 0.15) is 0 Å². The second kappa shape index (κ2) is 6.40. The Morgan fingerprint density at radius 2 is 2.18 bits per heavy atom. The summed E-state index contributed by atoms with van der Waals surface area (Å²) in [6.45, 7) is 2.20. The summed E-state index contributed by atoms with van der Waals surface area (Å²) in [5.41, 5.74) is 0.888. The van der Waals surface area contributed by atoms with Crippen LogP contribution in [0.5, 0.6) is 0 Å². The number of para-hydroxylation sites is 1. The van der Waals surface area contributed by atoms with Crippen molar-refractivity contribution in [2.45, 2.75) is 25.7 Å². The Morgan fingerprint density at radius 1 is 1.35 bits per heavy atom. The first kappa shape index (κ1) is 12.1. The molecule has 1 heterocycles. The second-order valence-corrected chi connectivity index (χ2v) is 4.67.